The van der Waals surface area contributed by atoms with E-state index in [1.807, 2.05) is 43.0 Å². The monoisotopic (exact) mass is 308 g/mol. The molecule has 0 spiro atoms. The van der Waals surface area contributed by atoms with Crippen molar-refractivity contribution in [3.8, 4) is 0 Å². The van der Waals surface area contributed by atoms with Crippen molar-refractivity contribution in [2.45, 2.75) is 12.6 Å². The Hall–Kier alpha value is -1.60. The molecule has 7 heteroatoms. The van der Waals surface area contributed by atoms with Gasteiger partial charge in [-0.15, -0.1) is 0 Å². The number of hydrazine groups is 1. The van der Waals surface area contributed by atoms with E-state index in [0.717, 1.165) is 24.3 Å². The van der Waals surface area contributed by atoms with Gasteiger partial charge in [0, 0.05) is 12.2 Å². The fraction of sp³-hybridized carbons (Fsp3) is 0.357. The van der Waals surface area contributed by atoms with Crippen LogP contribution in [-0.4, -0.2) is 35.3 Å². The lowest BCUT2D eigenvalue weighted by molar-refractivity contribution is 0.365. The summed E-state index contributed by atoms with van der Waals surface area (Å²) in [4.78, 5) is 2.08. The molecule has 1 unspecified atom stereocenters. The highest BCUT2D eigenvalue weighted by molar-refractivity contribution is 6.31. The molecule has 0 aliphatic heterocycles. The van der Waals surface area contributed by atoms with Crippen LogP contribution in [0.5, 0.6) is 0 Å². The van der Waals surface area contributed by atoms with Crippen molar-refractivity contribution in [1.29, 1.82) is 0 Å². The van der Waals surface area contributed by atoms with Crippen molar-refractivity contribution in [2.75, 3.05) is 26.4 Å². The summed E-state index contributed by atoms with van der Waals surface area (Å²) in [7, 11) is 4.03. The van der Waals surface area contributed by atoms with Crippen LogP contribution in [0.25, 0.3) is 0 Å². The van der Waals surface area contributed by atoms with Crippen LogP contribution < -0.4 is 17.0 Å². The SMILES string of the molecule is CN(C)CCn1ncc(Cl)c1C(NN)c1ccccc1N. The Kier molecular flexibility index (Phi) is 5.19. The minimum atomic E-state index is -0.302. The molecule has 114 valence electrons. The first-order valence-corrected chi connectivity index (χ1v) is 7.09. The standard InChI is InChI=1S/C14H21ClN6/c1-20(2)7-8-21-14(11(15)9-18-21)13(19-17)10-5-3-4-6-12(10)16/h3-6,9,13,19H,7-8,16-17H2,1-2H3. The Morgan fingerprint density at radius 3 is 2.71 bits per heavy atom. The van der Waals surface area contributed by atoms with Gasteiger partial charge in [-0.25, -0.2) is 5.43 Å². The number of nitrogens with zero attached hydrogens (tertiary/aromatic N) is 3. The second-order valence-corrected chi connectivity index (χ2v) is 5.54. The van der Waals surface area contributed by atoms with Crippen LogP contribution in [0, 0.1) is 0 Å². The summed E-state index contributed by atoms with van der Waals surface area (Å²) in [6.07, 6.45) is 1.63. The minimum absolute atomic E-state index is 0.302. The van der Waals surface area contributed by atoms with E-state index in [2.05, 4.69) is 15.4 Å². The summed E-state index contributed by atoms with van der Waals surface area (Å²) in [6.45, 7) is 1.58. The number of nitrogens with two attached hydrogens (primary N) is 2. The molecule has 5 N–H and O–H groups in total. The normalized spacial score (nSPS) is 12.8. The summed E-state index contributed by atoms with van der Waals surface area (Å²) < 4.78 is 1.86. The topological polar surface area (TPSA) is 85.1 Å². The number of hydrogen-bond acceptors (Lipinski definition) is 5. The van der Waals surface area contributed by atoms with E-state index in [9.17, 15) is 0 Å². The van der Waals surface area contributed by atoms with Crippen molar-refractivity contribution in [2.24, 2.45) is 5.84 Å². The number of nitrogen functional groups attached to an aromatic ring is 1. The third-order valence-corrected chi connectivity index (χ3v) is 3.63. The van der Waals surface area contributed by atoms with Crippen LogP contribution in [0.2, 0.25) is 5.02 Å². The number of hydrogen-bond donors (Lipinski definition) is 3. The Morgan fingerprint density at radius 2 is 2.10 bits per heavy atom. The zero-order valence-corrected chi connectivity index (χ0v) is 13.0. The molecule has 0 saturated carbocycles. The van der Waals surface area contributed by atoms with Crippen molar-refractivity contribution in [1.82, 2.24) is 20.1 Å². The van der Waals surface area contributed by atoms with Crippen molar-refractivity contribution < 1.29 is 0 Å². The largest absolute Gasteiger partial charge is 0.398 e. The average Bonchev–Trinajstić information content (AvgIpc) is 2.81. The molecule has 0 aliphatic carbocycles. The Balaban J connectivity index is 2.38. The molecule has 6 nitrogen and oxygen atoms in total. The summed E-state index contributed by atoms with van der Waals surface area (Å²) >= 11 is 6.30. The third kappa shape index (κ3) is 3.54. The lowest BCUT2D eigenvalue weighted by Gasteiger charge is -2.21. The lowest BCUT2D eigenvalue weighted by atomic mass is 10.0. The van der Waals surface area contributed by atoms with Crippen LogP contribution in [0.1, 0.15) is 17.3 Å². The maximum Gasteiger partial charge on any atom is 0.0913 e. The van der Waals surface area contributed by atoms with Gasteiger partial charge in [-0.1, -0.05) is 29.8 Å². The van der Waals surface area contributed by atoms with Crippen LogP contribution in [0.4, 0.5) is 5.69 Å². The highest BCUT2D eigenvalue weighted by atomic mass is 35.5. The quantitative estimate of drug-likeness (QED) is 0.425. The van der Waals surface area contributed by atoms with E-state index >= 15 is 0 Å². The van der Waals surface area contributed by atoms with Crippen LogP contribution >= 0.6 is 11.6 Å². The molecule has 0 saturated heterocycles. The van der Waals surface area contributed by atoms with Gasteiger partial charge in [0.05, 0.1) is 29.5 Å². The van der Waals surface area contributed by atoms with Gasteiger partial charge in [0.25, 0.3) is 0 Å². The van der Waals surface area contributed by atoms with Crippen LogP contribution in [0.3, 0.4) is 0 Å². The first kappa shape index (κ1) is 15.8. The number of anilines is 1. The van der Waals surface area contributed by atoms with E-state index < -0.39 is 0 Å². The molecule has 2 rings (SSSR count). The molecular weight excluding hydrogens is 288 g/mol. The van der Waals surface area contributed by atoms with Crippen molar-refractivity contribution in [3.63, 3.8) is 0 Å². The number of rotatable bonds is 6. The highest BCUT2D eigenvalue weighted by Gasteiger charge is 2.22. The summed E-state index contributed by atoms with van der Waals surface area (Å²) in [5.74, 6) is 5.74. The van der Waals surface area contributed by atoms with Crippen LogP contribution in [-0.2, 0) is 6.54 Å². The van der Waals surface area contributed by atoms with E-state index in [1.165, 1.54) is 0 Å². The zero-order valence-electron chi connectivity index (χ0n) is 12.3. The lowest BCUT2D eigenvalue weighted by Crippen LogP contribution is -2.32. The molecule has 2 aromatic rings. The molecule has 1 aromatic carbocycles. The fourth-order valence-corrected chi connectivity index (χ4v) is 2.47. The number of para-hydroxylation sites is 1. The maximum atomic E-state index is 6.30. The number of aromatic nitrogens is 2. The highest BCUT2D eigenvalue weighted by Crippen LogP contribution is 2.30. The van der Waals surface area contributed by atoms with Gasteiger partial charge < -0.3 is 10.6 Å². The van der Waals surface area contributed by atoms with Gasteiger partial charge in [-0.05, 0) is 25.7 Å². The van der Waals surface area contributed by atoms with Gasteiger partial charge in [-0.3, -0.25) is 10.5 Å². The average molecular weight is 309 g/mol. The Bertz CT molecular complexity index is 595. The molecule has 0 amide bonds. The maximum absolute atomic E-state index is 6.30. The Morgan fingerprint density at radius 1 is 1.38 bits per heavy atom. The van der Waals surface area contributed by atoms with Crippen molar-refractivity contribution in [3.05, 3.63) is 46.7 Å². The smallest absolute Gasteiger partial charge is 0.0913 e. The zero-order chi connectivity index (χ0) is 15.4. The van der Waals surface area contributed by atoms with E-state index in [1.54, 1.807) is 6.20 Å². The molecule has 1 aromatic heterocycles. The molecule has 1 heterocycles. The summed E-state index contributed by atoms with van der Waals surface area (Å²) in [5.41, 5.74) is 11.2. The first-order chi connectivity index (χ1) is 10.0. The molecule has 21 heavy (non-hydrogen) atoms. The van der Waals surface area contributed by atoms with Gasteiger partial charge in [-0.2, -0.15) is 5.10 Å². The third-order valence-electron chi connectivity index (χ3n) is 3.34. The van der Waals surface area contributed by atoms with Crippen molar-refractivity contribution >= 4 is 17.3 Å². The summed E-state index contributed by atoms with van der Waals surface area (Å²) in [6, 6.07) is 7.28. The molecule has 0 aliphatic rings. The predicted molar refractivity (Wildman–Crippen MR) is 85.8 cm³/mol. The molecule has 0 radical (unpaired) electrons. The van der Waals surface area contributed by atoms with Gasteiger partial charge in [0.15, 0.2) is 0 Å². The Labute approximate surface area is 129 Å². The second-order valence-electron chi connectivity index (χ2n) is 5.13. The molecular formula is C14H21ClN6. The van der Waals surface area contributed by atoms with Gasteiger partial charge in [0.2, 0.25) is 0 Å². The van der Waals surface area contributed by atoms with E-state index in [0.29, 0.717) is 10.7 Å². The fourth-order valence-electron chi connectivity index (χ4n) is 2.22. The van der Waals surface area contributed by atoms with Gasteiger partial charge in [0.1, 0.15) is 0 Å². The van der Waals surface area contributed by atoms with Gasteiger partial charge >= 0.3 is 0 Å². The molecule has 1 atom stereocenters. The molecule has 0 fully saturated rings. The van der Waals surface area contributed by atoms with Crippen LogP contribution in [0.15, 0.2) is 30.5 Å². The van der Waals surface area contributed by atoms with E-state index in [4.69, 9.17) is 23.2 Å². The number of nitrogens with one attached hydrogen (secondary N) is 1. The second kappa shape index (κ2) is 6.91. The predicted octanol–water partition coefficient (Wildman–Crippen LogP) is 1.23. The minimum Gasteiger partial charge on any atom is -0.398 e. The molecule has 0 bridgehead atoms. The van der Waals surface area contributed by atoms with E-state index in [-0.39, 0.29) is 6.04 Å². The number of halogens is 1. The number of likely N-dealkylation sites (N-methyl/N-ethyl adjacent to an activating group) is 1. The first-order valence-electron chi connectivity index (χ1n) is 6.71. The summed E-state index contributed by atoms with van der Waals surface area (Å²) in [5, 5.41) is 4.90. The number of benzene rings is 1.